The third kappa shape index (κ3) is 7.33. The van der Waals surface area contributed by atoms with Crippen molar-refractivity contribution in [2.24, 2.45) is 0 Å². The lowest BCUT2D eigenvalue weighted by Gasteiger charge is -2.32. The molecule has 2 amide bonds. The van der Waals surface area contributed by atoms with Crippen molar-refractivity contribution in [1.82, 2.24) is 10.2 Å². The van der Waals surface area contributed by atoms with Gasteiger partial charge in [-0.25, -0.2) is 0 Å². The molecule has 0 heterocycles. The van der Waals surface area contributed by atoms with Crippen LogP contribution in [0.25, 0.3) is 0 Å². The van der Waals surface area contributed by atoms with E-state index in [-0.39, 0.29) is 24.3 Å². The van der Waals surface area contributed by atoms with Crippen LogP contribution in [0.3, 0.4) is 0 Å². The van der Waals surface area contributed by atoms with Crippen molar-refractivity contribution >= 4 is 35.0 Å². The van der Waals surface area contributed by atoms with E-state index in [4.69, 9.17) is 23.2 Å². The lowest BCUT2D eigenvalue weighted by Crippen LogP contribution is -2.52. The third-order valence-corrected chi connectivity index (χ3v) is 7.01. The van der Waals surface area contributed by atoms with Crippen molar-refractivity contribution in [3.8, 4) is 0 Å². The Balaban J connectivity index is 1.64. The summed E-state index contributed by atoms with van der Waals surface area (Å²) in [6.45, 7) is 0.319. The molecule has 0 aliphatic heterocycles. The SMILES string of the molecule is O=C(NC1CCCC1)[C@@H](Cc1ccccc1)N(Cc1ccc(Cl)cc1)C(=O)Cc1ccc(Cl)cc1. The summed E-state index contributed by atoms with van der Waals surface area (Å²) < 4.78 is 0. The maximum Gasteiger partial charge on any atom is 0.243 e. The van der Waals surface area contributed by atoms with Crippen molar-refractivity contribution in [2.45, 2.75) is 57.2 Å². The summed E-state index contributed by atoms with van der Waals surface area (Å²) in [7, 11) is 0. The topological polar surface area (TPSA) is 49.4 Å². The van der Waals surface area contributed by atoms with E-state index in [1.165, 1.54) is 0 Å². The quantitative estimate of drug-likeness (QED) is 0.372. The van der Waals surface area contributed by atoms with Crippen LogP contribution in [-0.2, 0) is 29.0 Å². The molecule has 0 spiro atoms. The minimum atomic E-state index is -0.631. The Morgan fingerprint density at radius 2 is 1.37 bits per heavy atom. The fraction of sp³-hybridized carbons (Fsp3) is 0.310. The molecule has 1 atom stereocenters. The molecular weight excluding hydrogens is 479 g/mol. The number of hydrogen-bond acceptors (Lipinski definition) is 2. The Morgan fingerprint density at radius 1 is 0.800 bits per heavy atom. The van der Waals surface area contributed by atoms with E-state index < -0.39 is 6.04 Å². The van der Waals surface area contributed by atoms with E-state index in [9.17, 15) is 9.59 Å². The van der Waals surface area contributed by atoms with Crippen LogP contribution in [0.5, 0.6) is 0 Å². The normalized spacial score (nSPS) is 14.5. The van der Waals surface area contributed by atoms with Gasteiger partial charge >= 0.3 is 0 Å². The molecule has 1 fully saturated rings. The molecule has 0 aromatic heterocycles. The average molecular weight is 509 g/mol. The lowest BCUT2D eigenvalue weighted by atomic mass is 10.0. The molecule has 0 unspecified atom stereocenters. The zero-order valence-electron chi connectivity index (χ0n) is 19.6. The Hall–Kier alpha value is -2.82. The van der Waals surface area contributed by atoms with Gasteiger partial charge in [0.25, 0.3) is 0 Å². The van der Waals surface area contributed by atoms with E-state index in [0.717, 1.165) is 42.4 Å². The largest absolute Gasteiger partial charge is 0.352 e. The summed E-state index contributed by atoms with van der Waals surface area (Å²) in [6, 6.07) is 24.1. The summed E-state index contributed by atoms with van der Waals surface area (Å²) in [4.78, 5) is 29.1. The molecular formula is C29H30Cl2N2O2. The van der Waals surface area contributed by atoms with Gasteiger partial charge in [0.2, 0.25) is 11.8 Å². The standard InChI is InChI=1S/C29H30Cl2N2O2/c30-24-14-10-22(11-15-24)19-28(34)33(20-23-12-16-25(31)17-13-23)27(18-21-6-2-1-3-7-21)29(35)32-26-8-4-5-9-26/h1-3,6-7,10-17,26-27H,4-5,8-9,18-20H2,(H,32,35)/t27-/m1/s1. The van der Waals surface area contributed by atoms with Crippen molar-refractivity contribution in [3.05, 3.63) is 106 Å². The molecule has 1 saturated carbocycles. The van der Waals surface area contributed by atoms with E-state index in [2.05, 4.69) is 5.32 Å². The second-order valence-corrected chi connectivity index (χ2v) is 10.0. The second kappa shape index (κ2) is 12.2. The number of carbonyl (C=O) groups is 2. The van der Waals surface area contributed by atoms with Crippen LogP contribution in [0, 0.1) is 0 Å². The number of carbonyl (C=O) groups excluding carboxylic acids is 2. The van der Waals surface area contributed by atoms with E-state index in [0.29, 0.717) is 23.0 Å². The molecule has 0 saturated heterocycles. The van der Waals surface area contributed by atoms with E-state index in [1.54, 1.807) is 17.0 Å². The highest BCUT2D eigenvalue weighted by molar-refractivity contribution is 6.30. The number of amides is 2. The van der Waals surface area contributed by atoms with Crippen molar-refractivity contribution in [3.63, 3.8) is 0 Å². The highest BCUT2D eigenvalue weighted by Gasteiger charge is 2.32. The summed E-state index contributed by atoms with van der Waals surface area (Å²) in [5, 5.41) is 4.48. The number of nitrogens with one attached hydrogen (secondary N) is 1. The number of halogens is 2. The molecule has 3 aromatic rings. The van der Waals surface area contributed by atoms with Gasteiger partial charge in [0, 0.05) is 29.1 Å². The van der Waals surface area contributed by atoms with Gasteiger partial charge in [-0.3, -0.25) is 9.59 Å². The van der Waals surface area contributed by atoms with Gasteiger partial charge in [-0.15, -0.1) is 0 Å². The molecule has 182 valence electrons. The lowest BCUT2D eigenvalue weighted by molar-refractivity contribution is -0.141. The van der Waals surface area contributed by atoms with Gasteiger partial charge in [0.15, 0.2) is 0 Å². The van der Waals surface area contributed by atoms with Crippen molar-refractivity contribution in [2.75, 3.05) is 0 Å². The number of benzene rings is 3. The van der Waals surface area contributed by atoms with Crippen LogP contribution in [0.15, 0.2) is 78.9 Å². The Bertz CT molecular complexity index is 1110. The highest BCUT2D eigenvalue weighted by Crippen LogP contribution is 2.21. The molecule has 6 heteroatoms. The Morgan fingerprint density at radius 3 is 1.97 bits per heavy atom. The number of nitrogens with zero attached hydrogens (tertiary/aromatic N) is 1. The summed E-state index contributed by atoms with van der Waals surface area (Å²) >= 11 is 12.1. The highest BCUT2D eigenvalue weighted by atomic mass is 35.5. The molecule has 3 aromatic carbocycles. The first-order chi connectivity index (χ1) is 17.0. The van der Waals surface area contributed by atoms with Crippen molar-refractivity contribution in [1.29, 1.82) is 0 Å². The predicted octanol–water partition coefficient (Wildman–Crippen LogP) is 6.23. The van der Waals surface area contributed by atoms with Crippen molar-refractivity contribution < 1.29 is 9.59 Å². The summed E-state index contributed by atoms with van der Waals surface area (Å²) in [5.41, 5.74) is 2.79. The Kier molecular flexibility index (Phi) is 8.84. The maximum absolute atomic E-state index is 13.7. The maximum atomic E-state index is 13.7. The van der Waals surface area contributed by atoms with E-state index in [1.807, 2.05) is 66.7 Å². The van der Waals surface area contributed by atoms with Gasteiger partial charge in [-0.1, -0.05) is 90.6 Å². The Labute approximate surface area is 217 Å². The zero-order chi connectivity index (χ0) is 24.6. The first-order valence-corrected chi connectivity index (χ1v) is 12.9. The predicted molar refractivity (Wildman–Crippen MR) is 141 cm³/mol. The zero-order valence-corrected chi connectivity index (χ0v) is 21.1. The molecule has 0 bridgehead atoms. The van der Waals surface area contributed by atoms with E-state index >= 15 is 0 Å². The molecule has 4 rings (SSSR count). The van der Waals surface area contributed by atoms with Gasteiger partial charge in [0.05, 0.1) is 6.42 Å². The first-order valence-electron chi connectivity index (χ1n) is 12.1. The van der Waals surface area contributed by atoms with Crippen LogP contribution in [-0.4, -0.2) is 28.8 Å². The van der Waals surface area contributed by atoms with Gasteiger partial charge in [0.1, 0.15) is 6.04 Å². The molecule has 0 radical (unpaired) electrons. The smallest absolute Gasteiger partial charge is 0.243 e. The molecule has 1 N–H and O–H groups in total. The summed E-state index contributed by atoms with van der Waals surface area (Å²) in [6.07, 6.45) is 4.85. The fourth-order valence-corrected chi connectivity index (χ4v) is 4.84. The molecule has 1 aliphatic rings. The minimum absolute atomic E-state index is 0.0980. The second-order valence-electron chi connectivity index (χ2n) is 9.15. The van der Waals surface area contributed by atoms with Crippen LogP contribution < -0.4 is 5.32 Å². The third-order valence-electron chi connectivity index (χ3n) is 6.51. The van der Waals surface area contributed by atoms with Crippen LogP contribution in [0.4, 0.5) is 0 Å². The molecule has 4 nitrogen and oxygen atoms in total. The van der Waals surface area contributed by atoms with Crippen LogP contribution in [0.1, 0.15) is 42.4 Å². The van der Waals surface area contributed by atoms with Gasteiger partial charge in [-0.2, -0.15) is 0 Å². The van der Waals surface area contributed by atoms with Gasteiger partial charge in [-0.05, 0) is 53.8 Å². The van der Waals surface area contributed by atoms with Gasteiger partial charge < -0.3 is 10.2 Å². The number of rotatable bonds is 9. The molecule has 35 heavy (non-hydrogen) atoms. The van der Waals surface area contributed by atoms with Crippen LogP contribution >= 0.6 is 23.2 Å². The van der Waals surface area contributed by atoms with Crippen LogP contribution in [0.2, 0.25) is 10.0 Å². The average Bonchev–Trinajstić information content (AvgIpc) is 3.37. The monoisotopic (exact) mass is 508 g/mol. The molecule has 1 aliphatic carbocycles. The first kappa shape index (κ1) is 25.3. The minimum Gasteiger partial charge on any atom is -0.352 e. The number of hydrogen-bond donors (Lipinski definition) is 1. The summed E-state index contributed by atoms with van der Waals surface area (Å²) in [5.74, 6) is -0.205. The fourth-order valence-electron chi connectivity index (χ4n) is 4.59.